The zero-order valence-electron chi connectivity index (χ0n) is 9.91. The van der Waals surface area contributed by atoms with E-state index in [4.69, 9.17) is 5.73 Å². The fraction of sp³-hybridized carbons (Fsp3) is 0.818. The molecule has 1 aliphatic heterocycles. The zero-order valence-corrected chi connectivity index (χ0v) is 10.7. The Morgan fingerprint density at radius 1 is 1.41 bits per heavy atom. The molecular weight excluding hydrogens is 242 g/mol. The summed E-state index contributed by atoms with van der Waals surface area (Å²) in [4.78, 5) is 25.3. The van der Waals surface area contributed by atoms with Crippen LogP contribution in [0.5, 0.6) is 0 Å². The third kappa shape index (κ3) is 2.72. The van der Waals surface area contributed by atoms with Gasteiger partial charge in [-0.1, -0.05) is 12.8 Å². The van der Waals surface area contributed by atoms with Crippen LogP contribution in [0.1, 0.15) is 25.7 Å². The number of hydrogen-bond acceptors (Lipinski definition) is 3. The van der Waals surface area contributed by atoms with E-state index in [9.17, 15) is 9.59 Å². The molecule has 1 saturated carbocycles. The molecule has 2 rings (SSSR count). The van der Waals surface area contributed by atoms with E-state index in [0.29, 0.717) is 19.6 Å². The monoisotopic (exact) mass is 261 g/mol. The predicted molar refractivity (Wildman–Crippen MR) is 66.8 cm³/mol. The second-order valence-corrected chi connectivity index (χ2v) is 4.77. The Kier molecular flexibility index (Phi) is 4.77. The lowest BCUT2D eigenvalue weighted by Gasteiger charge is -2.35. The first kappa shape index (κ1) is 14.3. The predicted octanol–water partition coefficient (Wildman–Crippen LogP) is -0.114. The van der Waals surface area contributed by atoms with Gasteiger partial charge in [0.15, 0.2) is 0 Å². The number of nitrogens with two attached hydrogens (primary N) is 1. The van der Waals surface area contributed by atoms with Crippen LogP contribution >= 0.6 is 12.4 Å². The summed E-state index contributed by atoms with van der Waals surface area (Å²) in [5.74, 6) is 0.0205. The minimum atomic E-state index is -0.377. The maximum Gasteiger partial charge on any atom is 0.239 e. The van der Waals surface area contributed by atoms with Gasteiger partial charge in [0.25, 0.3) is 0 Å². The van der Waals surface area contributed by atoms with Gasteiger partial charge in [-0.15, -0.1) is 12.4 Å². The molecule has 1 heterocycles. The van der Waals surface area contributed by atoms with Crippen molar-refractivity contribution in [1.82, 2.24) is 10.2 Å². The number of nitrogens with zero attached hydrogens (tertiary/aromatic N) is 1. The van der Waals surface area contributed by atoms with Gasteiger partial charge in [0.1, 0.15) is 0 Å². The number of carbonyl (C=O) groups excluding carboxylic acids is 2. The largest absolute Gasteiger partial charge is 0.353 e. The normalized spacial score (nSPS) is 22.9. The summed E-state index contributed by atoms with van der Waals surface area (Å²) in [6.45, 7) is 1.78. The van der Waals surface area contributed by atoms with Gasteiger partial charge in [-0.25, -0.2) is 0 Å². The van der Waals surface area contributed by atoms with Gasteiger partial charge in [0.05, 0.1) is 12.0 Å². The van der Waals surface area contributed by atoms with Gasteiger partial charge in [-0.2, -0.15) is 0 Å². The first-order chi connectivity index (χ1) is 7.68. The molecule has 0 atom stereocenters. The minimum Gasteiger partial charge on any atom is -0.353 e. The fourth-order valence-corrected chi connectivity index (χ4v) is 2.70. The zero-order chi connectivity index (χ0) is 11.6. The average Bonchev–Trinajstić information content (AvgIpc) is 2.78. The quantitative estimate of drug-likeness (QED) is 0.728. The first-order valence-electron chi connectivity index (χ1n) is 5.94. The summed E-state index contributed by atoms with van der Waals surface area (Å²) >= 11 is 0. The maximum atomic E-state index is 12.4. The molecule has 3 N–H and O–H groups in total. The SMILES string of the molecule is Cl.NCC1(C(=O)N2CCNC(=O)C2)CCCC1. The Morgan fingerprint density at radius 3 is 2.59 bits per heavy atom. The number of piperazine rings is 1. The van der Waals surface area contributed by atoms with Crippen molar-refractivity contribution in [2.45, 2.75) is 25.7 Å². The van der Waals surface area contributed by atoms with Gasteiger partial charge in [0, 0.05) is 19.6 Å². The third-order valence-corrected chi connectivity index (χ3v) is 3.73. The van der Waals surface area contributed by atoms with Crippen molar-refractivity contribution in [3.63, 3.8) is 0 Å². The summed E-state index contributed by atoms with van der Waals surface area (Å²) in [7, 11) is 0. The molecule has 1 aliphatic carbocycles. The van der Waals surface area contributed by atoms with E-state index < -0.39 is 0 Å². The van der Waals surface area contributed by atoms with Gasteiger partial charge < -0.3 is 16.0 Å². The van der Waals surface area contributed by atoms with Crippen molar-refractivity contribution in [2.75, 3.05) is 26.2 Å². The van der Waals surface area contributed by atoms with E-state index in [1.54, 1.807) is 4.90 Å². The van der Waals surface area contributed by atoms with Crippen LogP contribution in [0.2, 0.25) is 0 Å². The molecule has 98 valence electrons. The molecule has 1 saturated heterocycles. The molecule has 5 nitrogen and oxygen atoms in total. The highest BCUT2D eigenvalue weighted by molar-refractivity contribution is 5.89. The number of nitrogens with one attached hydrogen (secondary N) is 1. The summed E-state index contributed by atoms with van der Waals surface area (Å²) < 4.78 is 0. The number of halogens is 1. The Labute approximate surface area is 108 Å². The van der Waals surface area contributed by atoms with Crippen LogP contribution in [0.15, 0.2) is 0 Å². The lowest BCUT2D eigenvalue weighted by molar-refractivity contribution is -0.146. The Morgan fingerprint density at radius 2 is 2.06 bits per heavy atom. The fourth-order valence-electron chi connectivity index (χ4n) is 2.70. The van der Waals surface area contributed by atoms with Crippen molar-refractivity contribution in [3.8, 4) is 0 Å². The summed E-state index contributed by atoms with van der Waals surface area (Å²) in [6.07, 6.45) is 3.90. The smallest absolute Gasteiger partial charge is 0.239 e. The van der Waals surface area contributed by atoms with Crippen LogP contribution in [0.3, 0.4) is 0 Å². The summed E-state index contributed by atoms with van der Waals surface area (Å²) in [6, 6.07) is 0. The van der Waals surface area contributed by atoms with E-state index in [1.165, 1.54) is 0 Å². The molecule has 2 amide bonds. The molecule has 0 aromatic rings. The summed E-state index contributed by atoms with van der Waals surface area (Å²) in [5, 5.41) is 2.72. The van der Waals surface area contributed by atoms with Crippen LogP contribution in [0.25, 0.3) is 0 Å². The molecule has 0 radical (unpaired) electrons. The molecule has 6 heteroatoms. The minimum absolute atomic E-state index is 0. The molecule has 0 spiro atoms. The van der Waals surface area contributed by atoms with E-state index >= 15 is 0 Å². The van der Waals surface area contributed by atoms with Crippen LogP contribution in [0, 0.1) is 5.41 Å². The number of carbonyl (C=O) groups is 2. The van der Waals surface area contributed by atoms with Crippen molar-refractivity contribution >= 4 is 24.2 Å². The molecular formula is C11H20ClN3O2. The third-order valence-electron chi connectivity index (χ3n) is 3.73. The number of hydrogen-bond donors (Lipinski definition) is 2. The maximum absolute atomic E-state index is 12.4. The summed E-state index contributed by atoms with van der Waals surface area (Å²) in [5.41, 5.74) is 5.39. The van der Waals surface area contributed by atoms with Crippen LogP contribution in [-0.4, -0.2) is 42.9 Å². The van der Waals surface area contributed by atoms with Gasteiger partial charge in [0.2, 0.25) is 11.8 Å². The van der Waals surface area contributed by atoms with E-state index in [2.05, 4.69) is 5.32 Å². The molecule has 17 heavy (non-hydrogen) atoms. The number of amides is 2. The van der Waals surface area contributed by atoms with E-state index in [1.807, 2.05) is 0 Å². The molecule has 0 aromatic carbocycles. The van der Waals surface area contributed by atoms with Crippen molar-refractivity contribution in [2.24, 2.45) is 11.1 Å². The Hall–Kier alpha value is -0.810. The molecule has 0 aromatic heterocycles. The highest BCUT2D eigenvalue weighted by Crippen LogP contribution is 2.38. The van der Waals surface area contributed by atoms with Crippen LogP contribution < -0.4 is 11.1 Å². The van der Waals surface area contributed by atoms with E-state index in [0.717, 1.165) is 25.7 Å². The van der Waals surface area contributed by atoms with Crippen LogP contribution in [-0.2, 0) is 9.59 Å². The topological polar surface area (TPSA) is 75.4 Å². The van der Waals surface area contributed by atoms with Crippen molar-refractivity contribution in [1.29, 1.82) is 0 Å². The van der Waals surface area contributed by atoms with Crippen molar-refractivity contribution in [3.05, 3.63) is 0 Å². The van der Waals surface area contributed by atoms with Gasteiger partial charge in [-0.3, -0.25) is 9.59 Å². The average molecular weight is 262 g/mol. The molecule has 2 fully saturated rings. The van der Waals surface area contributed by atoms with Crippen molar-refractivity contribution < 1.29 is 9.59 Å². The Bertz CT molecular complexity index is 303. The standard InChI is InChI=1S/C11H19N3O2.ClH/c12-8-11(3-1-2-4-11)10(16)14-6-5-13-9(15)7-14;/h1-8,12H2,(H,13,15);1H. The number of rotatable bonds is 2. The van der Waals surface area contributed by atoms with Gasteiger partial charge in [-0.05, 0) is 12.8 Å². The molecule has 2 aliphatic rings. The lowest BCUT2D eigenvalue weighted by Crippen LogP contribution is -2.55. The van der Waals surface area contributed by atoms with E-state index in [-0.39, 0.29) is 36.2 Å². The Balaban J connectivity index is 0.00000144. The highest BCUT2D eigenvalue weighted by Gasteiger charge is 2.43. The van der Waals surface area contributed by atoms with Gasteiger partial charge >= 0.3 is 0 Å². The second kappa shape index (κ2) is 5.69. The molecule has 0 bridgehead atoms. The lowest BCUT2D eigenvalue weighted by atomic mass is 9.84. The second-order valence-electron chi connectivity index (χ2n) is 4.77. The first-order valence-corrected chi connectivity index (χ1v) is 5.94. The molecule has 0 unspecified atom stereocenters. The van der Waals surface area contributed by atoms with Crippen LogP contribution in [0.4, 0.5) is 0 Å². The highest BCUT2D eigenvalue weighted by atomic mass is 35.5.